The number of anilines is 1. The summed E-state index contributed by atoms with van der Waals surface area (Å²) in [5.74, 6) is 1.59. The van der Waals surface area contributed by atoms with E-state index in [2.05, 4.69) is 41.3 Å². The molecular formula is C18H25N3O. The first-order valence-electron chi connectivity index (χ1n) is 8.31. The van der Waals surface area contributed by atoms with Crippen molar-refractivity contribution in [2.24, 2.45) is 5.92 Å². The van der Waals surface area contributed by atoms with Gasteiger partial charge in [-0.2, -0.15) is 0 Å². The Labute approximate surface area is 132 Å². The maximum Gasteiger partial charge on any atom is 0.137 e. The normalized spacial score (nSPS) is 21.9. The topological polar surface area (TPSA) is 47.0 Å². The number of ether oxygens (including phenoxy) is 1. The lowest BCUT2D eigenvalue weighted by Gasteiger charge is -2.28. The lowest BCUT2D eigenvalue weighted by Crippen LogP contribution is -2.27. The van der Waals surface area contributed by atoms with Crippen molar-refractivity contribution >= 4 is 16.7 Å². The van der Waals surface area contributed by atoms with Gasteiger partial charge in [0.2, 0.25) is 0 Å². The highest BCUT2D eigenvalue weighted by Crippen LogP contribution is 2.26. The highest BCUT2D eigenvalue weighted by molar-refractivity contribution is 5.89. The third kappa shape index (κ3) is 3.55. The van der Waals surface area contributed by atoms with Gasteiger partial charge in [-0.25, -0.2) is 9.97 Å². The molecule has 1 aromatic heterocycles. The molecule has 2 unspecified atom stereocenters. The monoisotopic (exact) mass is 299 g/mol. The number of aromatic nitrogens is 2. The predicted octanol–water partition coefficient (Wildman–Crippen LogP) is 3.95. The molecule has 0 aliphatic heterocycles. The lowest BCUT2D eigenvalue weighted by molar-refractivity contribution is 0.000380. The van der Waals surface area contributed by atoms with Gasteiger partial charge in [-0.3, -0.25) is 0 Å². The van der Waals surface area contributed by atoms with Crippen LogP contribution in [0.25, 0.3) is 10.9 Å². The van der Waals surface area contributed by atoms with Crippen LogP contribution in [0.2, 0.25) is 0 Å². The average molecular weight is 299 g/mol. The summed E-state index contributed by atoms with van der Waals surface area (Å²) >= 11 is 0. The Kier molecular flexibility index (Phi) is 4.88. The maximum absolute atomic E-state index is 6.05. The van der Waals surface area contributed by atoms with Crippen LogP contribution in [0.4, 0.5) is 5.82 Å². The van der Waals surface area contributed by atoms with Crippen molar-refractivity contribution in [3.8, 4) is 0 Å². The molecule has 1 aliphatic rings. The molecule has 1 N–H and O–H groups in total. The molecule has 0 amide bonds. The first-order valence-corrected chi connectivity index (χ1v) is 8.31. The number of fused-ring (bicyclic) bond motifs is 1. The highest BCUT2D eigenvalue weighted by Gasteiger charge is 2.21. The van der Waals surface area contributed by atoms with Crippen LogP contribution in [-0.2, 0) is 4.74 Å². The van der Waals surface area contributed by atoms with Gasteiger partial charge in [0.05, 0.1) is 18.2 Å². The minimum atomic E-state index is 0.430. The van der Waals surface area contributed by atoms with Crippen LogP contribution in [0.5, 0.6) is 0 Å². The summed E-state index contributed by atoms with van der Waals surface area (Å²) in [6, 6.07) is 6.24. The first kappa shape index (κ1) is 15.2. The lowest BCUT2D eigenvalue weighted by atomic mass is 9.88. The fourth-order valence-corrected chi connectivity index (χ4v) is 3.22. The van der Waals surface area contributed by atoms with Crippen LogP contribution in [0, 0.1) is 12.8 Å². The fourth-order valence-electron chi connectivity index (χ4n) is 3.22. The van der Waals surface area contributed by atoms with Gasteiger partial charge in [0.1, 0.15) is 12.1 Å². The molecule has 4 nitrogen and oxygen atoms in total. The minimum absolute atomic E-state index is 0.430. The zero-order valence-corrected chi connectivity index (χ0v) is 13.5. The molecule has 22 heavy (non-hydrogen) atoms. The van der Waals surface area contributed by atoms with Crippen molar-refractivity contribution < 1.29 is 4.74 Å². The molecule has 0 bridgehead atoms. The van der Waals surface area contributed by atoms with Gasteiger partial charge in [0, 0.05) is 11.9 Å². The van der Waals surface area contributed by atoms with Gasteiger partial charge in [-0.05, 0) is 37.8 Å². The van der Waals surface area contributed by atoms with Crippen LogP contribution in [0.15, 0.2) is 24.5 Å². The van der Waals surface area contributed by atoms with E-state index < -0.39 is 0 Å². The third-order valence-electron chi connectivity index (χ3n) is 4.55. The van der Waals surface area contributed by atoms with E-state index >= 15 is 0 Å². The van der Waals surface area contributed by atoms with Crippen molar-refractivity contribution in [1.82, 2.24) is 9.97 Å². The number of benzene rings is 1. The molecular weight excluding hydrogens is 274 g/mol. The van der Waals surface area contributed by atoms with E-state index in [0.29, 0.717) is 12.0 Å². The van der Waals surface area contributed by atoms with Crippen molar-refractivity contribution in [2.75, 3.05) is 18.5 Å². The minimum Gasteiger partial charge on any atom is -0.376 e. The molecule has 2 atom stereocenters. The second-order valence-electron chi connectivity index (χ2n) is 6.34. The Morgan fingerprint density at radius 3 is 2.95 bits per heavy atom. The summed E-state index contributed by atoms with van der Waals surface area (Å²) < 4.78 is 6.05. The molecule has 2 aromatic rings. The Balaban J connectivity index is 1.56. The van der Waals surface area contributed by atoms with Gasteiger partial charge in [-0.1, -0.05) is 31.4 Å². The number of hydrogen-bond donors (Lipinski definition) is 1. The SMILES string of the molecule is Cc1ccc2ncnc(NCCOC3CCCCC3C)c2c1. The summed E-state index contributed by atoms with van der Waals surface area (Å²) in [7, 11) is 0. The summed E-state index contributed by atoms with van der Waals surface area (Å²) in [6.07, 6.45) is 7.21. The Morgan fingerprint density at radius 1 is 1.23 bits per heavy atom. The van der Waals surface area contributed by atoms with Gasteiger partial charge < -0.3 is 10.1 Å². The van der Waals surface area contributed by atoms with Crippen molar-refractivity contribution in [3.63, 3.8) is 0 Å². The zero-order chi connectivity index (χ0) is 15.4. The van der Waals surface area contributed by atoms with E-state index in [9.17, 15) is 0 Å². The molecule has 1 heterocycles. The summed E-state index contributed by atoms with van der Waals surface area (Å²) in [5, 5.41) is 4.47. The predicted molar refractivity (Wildman–Crippen MR) is 90.1 cm³/mol. The first-order chi connectivity index (χ1) is 10.7. The van der Waals surface area contributed by atoms with Crippen LogP contribution < -0.4 is 5.32 Å². The zero-order valence-electron chi connectivity index (χ0n) is 13.5. The molecule has 0 saturated heterocycles. The van der Waals surface area contributed by atoms with Crippen LogP contribution in [-0.4, -0.2) is 29.2 Å². The number of hydrogen-bond acceptors (Lipinski definition) is 4. The Hall–Kier alpha value is -1.68. The Bertz CT molecular complexity index is 629. The molecule has 3 rings (SSSR count). The molecule has 118 valence electrons. The summed E-state index contributed by atoms with van der Waals surface area (Å²) in [5.41, 5.74) is 2.20. The number of rotatable bonds is 5. The van der Waals surface area contributed by atoms with Gasteiger partial charge in [0.25, 0.3) is 0 Å². The average Bonchev–Trinajstić information content (AvgIpc) is 2.53. The smallest absolute Gasteiger partial charge is 0.137 e. The fraction of sp³-hybridized carbons (Fsp3) is 0.556. The van der Waals surface area contributed by atoms with E-state index in [0.717, 1.165) is 29.9 Å². The van der Waals surface area contributed by atoms with Gasteiger partial charge in [0.15, 0.2) is 0 Å². The molecule has 1 aliphatic carbocycles. The maximum atomic E-state index is 6.05. The van der Waals surface area contributed by atoms with Gasteiger partial charge in [-0.15, -0.1) is 0 Å². The molecule has 0 spiro atoms. The van der Waals surface area contributed by atoms with Crippen LogP contribution in [0.3, 0.4) is 0 Å². The van der Waals surface area contributed by atoms with E-state index in [1.807, 2.05) is 6.07 Å². The Morgan fingerprint density at radius 2 is 2.09 bits per heavy atom. The summed E-state index contributed by atoms with van der Waals surface area (Å²) in [6.45, 7) is 5.90. The van der Waals surface area contributed by atoms with Gasteiger partial charge >= 0.3 is 0 Å². The highest BCUT2D eigenvalue weighted by atomic mass is 16.5. The standard InChI is InChI=1S/C18H25N3O/c1-13-7-8-16-15(11-13)18(21-12-20-16)19-9-10-22-17-6-4-3-5-14(17)2/h7-8,11-12,14,17H,3-6,9-10H2,1-2H3,(H,19,20,21). The van der Waals surface area contributed by atoms with Crippen molar-refractivity contribution in [3.05, 3.63) is 30.1 Å². The molecule has 0 radical (unpaired) electrons. The molecule has 1 aromatic carbocycles. The van der Waals surface area contributed by atoms with E-state index in [-0.39, 0.29) is 0 Å². The quantitative estimate of drug-likeness (QED) is 0.849. The largest absolute Gasteiger partial charge is 0.376 e. The van der Waals surface area contributed by atoms with E-state index in [1.165, 1.54) is 31.2 Å². The second-order valence-corrected chi connectivity index (χ2v) is 6.34. The number of nitrogens with one attached hydrogen (secondary N) is 1. The molecule has 1 fully saturated rings. The van der Waals surface area contributed by atoms with Crippen LogP contribution in [0.1, 0.15) is 38.2 Å². The second kappa shape index (κ2) is 7.05. The van der Waals surface area contributed by atoms with E-state index in [4.69, 9.17) is 4.74 Å². The van der Waals surface area contributed by atoms with Crippen molar-refractivity contribution in [2.45, 2.75) is 45.6 Å². The van der Waals surface area contributed by atoms with Crippen LogP contribution >= 0.6 is 0 Å². The number of aryl methyl sites for hydroxylation is 1. The molecule has 1 saturated carbocycles. The van der Waals surface area contributed by atoms with Crippen molar-refractivity contribution in [1.29, 1.82) is 0 Å². The molecule has 4 heteroatoms. The third-order valence-corrected chi connectivity index (χ3v) is 4.55. The van der Waals surface area contributed by atoms with E-state index in [1.54, 1.807) is 6.33 Å². The number of nitrogens with zero attached hydrogens (tertiary/aromatic N) is 2. The summed E-state index contributed by atoms with van der Waals surface area (Å²) in [4.78, 5) is 8.68.